The highest BCUT2D eigenvalue weighted by Crippen LogP contribution is 2.39. The summed E-state index contributed by atoms with van der Waals surface area (Å²) in [5, 5.41) is 12.2. The van der Waals surface area contributed by atoms with Gasteiger partial charge >= 0.3 is 12.1 Å². The number of esters is 1. The Labute approximate surface area is 281 Å². The van der Waals surface area contributed by atoms with E-state index in [1.54, 1.807) is 46.8 Å². The number of hydrogen-bond donors (Lipinski definition) is 2. The van der Waals surface area contributed by atoms with Crippen LogP contribution in [0.3, 0.4) is 0 Å². The lowest BCUT2D eigenvalue weighted by Crippen LogP contribution is -2.57. The minimum Gasteiger partial charge on any atom is -0.471 e. The zero-order valence-electron chi connectivity index (χ0n) is 27.2. The van der Waals surface area contributed by atoms with Gasteiger partial charge in [-0.2, -0.15) is 0 Å². The number of fused-ring (bicyclic) bond motifs is 2. The predicted octanol–water partition coefficient (Wildman–Crippen LogP) is 4.47. The lowest BCUT2D eigenvalue weighted by atomic mass is 9.85. The topological polar surface area (TPSA) is 159 Å². The summed E-state index contributed by atoms with van der Waals surface area (Å²) in [6, 6.07) is 8.97. The van der Waals surface area contributed by atoms with E-state index >= 15 is 0 Å². The van der Waals surface area contributed by atoms with Crippen molar-refractivity contribution in [2.75, 3.05) is 33.7 Å². The number of rotatable bonds is 9. The van der Waals surface area contributed by atoms with E-state index in [2.05, 4.69) is 21.2 Å². The lowest BCUT2D eigenvalue weighted by molar-refractivity contribution is -0.152. The van der Waals surface area contributed by atoms with Gasteiger partial charge in [0.2, 0.25) is 18.6 Å². The van der Waals surface area contributed by atoms with E-state index in [4.69, 9.17) is 33.7 Å². The molecule has 14 heteroatoms. The third kappa shape index (κ3) is 7.70. The number of ether oxygens (including phenoxy) is 5. The Morgan fingerprint density at radius 2 is 1.77 bits per heavy atom. The van der Waals surface area contributed by atoms with E-state index < -0.39 is 47.0 Å². The van der Waals surface area contributed by atoms with Crippen LogP contribution in [0.25, 0.3) is 22.3 Å². The number of nitrogens with one attached hydrogen (secondary N) is 1. The van der Waals surface area contributed by atoms with Crippen LogP contribution < -0.4 is 19.5 Å². The Hall–Kier alpha value is -4.17. The second-order valence-electron chi connectivity index (χ2n) is 13.4. The van der Waals surface area contributed by atoms with Gasteiger partial charge in [-0.3, -0.25) is 4.79 Å². The maximum atomic E-state index is 14.1. The third-order valence-corrected chi connectivity index (χ3v) is 8.41. The van der Waals surface area contributed by atoms with Gasteiger partial charge in [-0.25, -0.2) is 19.6 Å². The largest absolute Gasteiger partial charge is 0.471 e. The van der Waals surface area contributed by atoms with E-state index in [1.807, 2.05) is 24.3 Å². The Morgan fingerprint density at radius 1 is 1.09 bits per heavy atom. The fourth-order valence-electron chi connectivity index (χ4n) is 5.26. The average molecular weight is 716 g/mol. The van der Waals surface area contributed by atoms with E-state index in [0.29, 0.717) is 28.2 Å². The Morgan fingerprint density at radius 3 is 2.38 bits per heavy atom. The summed E-state index contributed by atoms with van der Waals surface area (Å²) in [5.41, 5.74) is 0.858. The number of likely N-dealkylation sites (tertiary alicyclic amines) is 1. The van der Waals surface area contributed by atoms with E-state index in [-0.39, 0.29) is 38.9 Å². The number of nitrogens with zero attached hydrogens (tertiary/aromatic N) is 3. The molecule has 0 saturated carbocycles. The van der Waals surface area contributed by atoms with Crippen LogP contribution in [0.1, 0.15) is 41.0 Å². The van der Waals surface area contributed by atoms with Crippen LogP contribution in [0.5, 0.6) is 17.4 Å². The summed E-state index contributed by atoms with van der Waals surface area (Å²) in [6.45, 7) is 8.74. The zero-order valence-corrected chi connectivity index (χ0v) is 28.8. The minimum absolute atomic E-state index is 0.0121. The normalized spacial score (nSPS) is 18.2. The van der Waals surface area contributed by atoms with Crippen molar-refractivity contribution in [3.63, 3.8) is 0 Å². The summed E-state index contributed by atoms with van der Waals surface area (Å²) in [4.78, 5) is 51.0. The zero-order chi connectivity index (χ0) is 34.1. The second-order valence-corrected chi connectivity index (χ2v) is 14.3. The molecule has 3 heterocycles. The second kappa shape index (κ2) is 13.5. The molecule has 2 aliphatic heterocycles. The quantitative estimate of drug-likeness (QED) is 0.301. The molecule has 2 aromatic carbocycles. The maximum absolute atomic E-state index is 14.1. The number of carbonyl (C=O) groups is 3. The Balaban J connectivity index is 1.44. The number of aliphatic hydroxyl groups is 1. The van der Waals surface area contributed by atoms with E-state index in [9.17, 15) is 19.5 Å². The van der Waals surface area contributed by atoms with Gasteiger partial charge < -0.3 is 39.0 Å². The van der Waals surface area contributed by atoms with Gasteiger partial charge in [0.05, 0.1) is 31.3 Å². The number of halogens is 1. The molecule has 5 rings (SSSR count). The summed E-state index contributed by atoms with van der Waals surface area (Å²) >= 11 is 3.52. The molecule has 1 aromatic heterocycles. The van der Waals surface area contributed by atoms with Gasteiger partial charge in [0, 0.05) is 34.0 Å². The van der Waals surface area contributed by atoms with Crippen molar-refractivity contribution in [2.45, 2.75) is 59.2 Å². The van der Waals surface area contributed by atoms with Crippen molar-refractivity contribution < 1.29 is 43.2 Å². The molecule has 0 radical (unpaired) electrons. The van der Waals surface area contributed by atoms with Gasteiger partial charge in [-0.05, 0) is 17.5 Å². The number of methoxy groups -OCH3 is 1. The van der Waals surface area contributed by atoms with E-state index in [0.717, 1.165) is 10.0 Å². The molecule has 1 fully saturated rings. The van der Waals surface area contributed by atoms with Crippen molar-refractivity contribution in [1.82, 2.24) is 20.2 Å². The number of alkyl carbamates (subject to hydrolysis) is 1. The minimum atomic E-state index is -1.06. The number of aromatic nitrogens is 2. The molecule has 0 aliphatic carbocycles. The molecular weight excluding hydrogens is 676 g/mol. The fourth-order valence-corrected chi connectivity index (χ4v) is 5.66. The highest BCUT2D eigenvalue weighted by atomic mass is 79.9. The maximum Gasteiger partial charge on any atom is 0.407 e. The first-order valence-electron chi connectivity index (χ1n) is 15.2. The molecule has 0 spiro atoms. The molecular formula is C33H39BrN4O9. The van der Waals surface area contributed by atoms with Crippen LogP contribution in [0.2, 0.25) is 0 Å². The first kappa shape index (κ1) is 34.2. The number of aliphatic hydroxyl groups excluding tert-OH is 1. The smallest absolute Gasteiger partial charge is 0.407 e. The fraction of sp³-hybridized carbons (Fsp3) is 0.485. The summed E-state index contributed by atoms with van der Waals surface area (Å²) in [5.74, 6) is 0.193. The highest BCUT2D eigenvalue weighted by molar-refractivity contribution is 9.10. The van der Waals surface area contributed by atoms with Crippen LogP contribution in [-0.4, -0.2) is 89.8 Å². The number of benzene rings is 2. The molecule has 3 atom stereocenters. The third-order valence-electron chi connectivity index (χ3n) is 7.92. The molecule has 13 nitrogen and oxygen atoms in total. The lowest BCUT2D eigenvalue weighted by Gasteiger charge is -2.35. The first-order valence-corrected chi connectivity index (χ1v) is 15.9. The van der Waals surface area contributed by atoms with Gasteiger partial charge in [0.1, 0.15) is 30.5 Å². The first-order chi connectivity index (χ1) is 22.2. The summed E-state index contributed by atoms with van der Waals surface area (Å²) < 4.78 is 28.8. The molecule has 47 heavy (non-hydrogen) atoms. The van der Waals surface area contributed by atoms with Crippen molar-refractivity contribution in [2.24, 2.45) is 10.8 Å². The van der Waals surface area contributed by atoms with Crippen molar-refractivity contribution in [3.8, 4) is 28.6 Å². The Bertz CT molecular complexity index is 1680. The van der Waals surface area contributed by atoms with Gasteiger partial charge in [0.15, 0.2) is 11.5 Å². The molecule has 1 unspecified atom stereocenters. The summed E-state index contributed by atoms with van der Waals surface area (Å²) in [6.07, 6.45) is -1.37. The van der Waals surface area contributed by atoms with Crippen LogP contribution in [-0.2, 0) is 19.1 Å². The number of carbonyl (C=O) groups excluding carboxylic acids is 3. The van der Waals surface area contributed by atoms with Crippen LogP contribution in [0.4, 0.5) is 4.79 Å². The van der Waals surface area contributed by atoms with Gasteiger partial charge in [0.25, 0.3) is 0 Å². The van der Waals surface area contributed by atoms with Crippen molar-refractivity contribution >= 4 is 44.9 Å². The molecule has 3 aromatic rings. The molecule has 0 bridgehead atoms. The number of amides is 2. The molecule has 2 amide bonds. The predicted molar refractivity (Wildman–Crippen MR) is 174 cm³/mol. The van der Waals surface area contributed by atoms with Crippen LogP contribution >= 0.6 is 15.9 Å². The molecule has 1 saturated heterocycles. The summed E-state index contributed by atoms with van der Waals surface area (Å²) in [7, 11) is 1.25. The van der Waals surface area contributed by atoms with E-state index in [1.165, 1.54) is 12.0 Å². The molecule has 2 aliphatic rings. The van der Waals surface area contributed by atoms with Crippen LogP contribution in [0.15, 0.2) is 40.9 Å². The van der Waals surface area contributed by atoms with Gasteiger partial charge in [-0.1, -0.05) is 62.7 Å². The molecule has 2 N–H and O–H groups in total. The highest BCUT2D eigenvalue weighted by Gasteiger charge is 2.46. The average Bonchev–Trinajstić information content (AvgIpc) is 3.67. The number of hydrogen-bond acceptors (Lipinski definition) is 11. The van der Waals surface area contributed by atoms with Crippen molar-refractivity contribution in [3.05, 3.63) is 40.9 Å². The monoisotopic (exact) mass is 714 g/mol. The SMILES string of the molecule is COC(=O)[C@@H]1CC(Oc2nc3cc4c(cc3nc2-c2cccc(Br)c2)OCO4)CN1C(=O)[C@@H](NC(=O)OCC(C)(C)CO)C(C)(C)C. The van der Waals surface area contributed by atoms with Gasteiger partial charge in [-0.15, -0.1) is 0 Å². The van der Waals surface area contributed by atoms with Crippen molar-refractivity contribution in [1.29, 1.82) is 0 Å². The molecule has 252 valence electrons. The standard InChI is InChI=1S/C33H39BrN4O9/c1-32(2,3)27(37-31(42)44-16-33(4,5)15-39)29(40)38-14-20(11-23(38)30(41)43-6)47-28-26(18-8-7-9-19(34)10-18)35-21-12-24-25(46-17-45-24)13-22(21)36-28/h7-10,12-13,20,23,27,39H,11,14-17H2,1-6H3,(H,37,42)/t20?,23-,27+/m0/s1. The van der Waals surface area contributed by atoms with Crippen LogP contribution in [0, 0.1) is 10.8 Å². The Kier molecular flexibility index (Phi) is 9.83.